The highest BCUT2D eigenvalue weighted by Gasteiger charge is 2.16. The quantitative estimate of drug-likeness (QED) is 0.668. The number of anilines is 1. The van der Waals surface area contributed by atoms with Gasteiger partial charge in [-0.15, -0.1) is 0 Å². The summed E-state index contributed by atoms with van der Waals surface area (Å²) in [5.74, 6) is -0.0774. The van der Waals surface area contributed by atoms with E-state index in [1.165, 1.54) is 12.1 Å². The van der Waals surface area contributed by atoms with Gasteiger partial charge in [-0.05, 0) is 43.3 Å². The molecule has 0 fully saturated rings. The number of hydrazone groups is 1. The van der Waals surface area contributed by atoms with Crippen molar-refractivity contribution in [2.75, 3.05) is 5.43 Å². The van der Waals surface area contributed by atoms with E-state index >= 15 is 0 Å². The van der Waals surface area contributed by atoms with Crippen LogP contribution < -0.4 is 10.2 Å². The second kappa shape index (κ2) is 6.36. The number of aromatic carboxylic acids is 1. The molecule has 2 N–H and O–H groups in total. The van der Waals surface area contributed by atoms with Crippen molar-refractivity contribution in [3.63, 3.8) is 0 Å². The number of carboxylic acids is 1. The van der Waals surface area contributed by atoms with Crippen LogP contribution in [0.5, 0.6) is 5.75 Å². The first-order valence-corrected chi connectivity index (χ1v) is 7.23. The van der Waals surface area contributed by atoms with Crippen molar-refractivity contribution in [1.82, 2.24) is 0 Å². The van der Waals surface area contributed by atoms with Gasteiger partial charge in [0.15, 0.2) is 0 Å². The summed E-state index contributed by atoms with van der Waals surface area (Å²) in [5.41, 5.74) is 5.83. The SMILES string of the molecule is CC1Oc2ccccc2C=C1/C=N/Nc1ccc(C(=O)O)cc1. The van der Waals surface area contributed by atoms with E-state index in [9.17, 15) is 4.79 Å². The fraction of sp³-hybridized carbons (Fsp3) is 0.111. The van der Waals surface area contributed by atoms with E-state index in [0.29, 0.717) is 0 Å². The Kier molecular flexibility index (Phi) is 4.10. The minimum absolute atomic E-state index is 0.0789. The minimum Gasteiger partial charge on any atom is -0.485 e. The number of nitrogens with zero attached hydrogens (tertiary/aromatic N) is 1. The molecule has 0 aliphatic carbocycles. The zero-order chi connectivity index (χ0) is 16.2. The summed E-state index contributed by atoms with van der Waals surface area (Å²) < 4.78 is 5.84. The van der Waals surface area contributed by atoms with Crippen molar-refractivity contribution in [3.05, 3.63) is 65.2 Å². The van der Waals surface area contributed by atoms with Gasteiger partial charge >= 0.3 is 5.97 Å². The molecule has 2 aromatic carbocycles. The zero-order valence-corrected chi connectivity index (χ0v) is 12.6. The van der Waals surface area contributed by atoms with Crippen LogP contribution in [0.2, 0.25) is 0 Å². The fourth-order valence-electron chi connectivity index (χ4n) is 2.27. The lowest BCUT2D eigenvalue weighted by Gasteiger charge is -2.22. The first-order valence-electron chi connectivity index (χ1n) is 7.23. The number of fused-ring (bicyclic) bond motifs is 1. The normalized spacial score (nSPS) is 16.4. The lowest BCUT2D eigenvalue weighted by molar-refractivity contribution is 0.0697. The maximum absolute atomic E-state index is 10.8. The molecule has 2 aromatic rings. The minimum atomic E-state index is -0.947. The van der Waals surface area contributed by atoms with E-state index in [-0.39, 0.29) is 11.7 Å². The Labute approximate surface area is 133 Å². The maximum atomic E-state index is 10.8. The van der Waals surface area contributed by atoms with Gasteiger partial charge in [0.1, 0.15) is 11.9 Å². The van der Waals surface area contributed by atoms with Crippen LogP contribution in [-0.2, 0) is 0 Å². The predicted molar refractivity (Wildman–Crippen MR) is 90.0 cm³/mol. The van der Waals surface area contributed by atoms with Gasteiger partial charge in [-0.2, -0.15) is 5.10 Å². The second-order valence-electron chi connectivity index (χ2n) is 5.19. The number of hydrogen-bond donors (Lipinski definition) is 2. The molecule has 1 heterocycles. The third-order valence-electron chi connectivity index (χ3n) is 3.55. The van der Waals surface area contributed by atoms with Crippen LogP contribution in [-0.4, -0.2) is 23.4 Å². The highest BCUT2D eigenvalue weighted by molar-refractivity contribution is 5.89. The molecule has 0 radical (unpaired) electrons. The summed E-state index contributed by atoms with van der Waals surface area (Å²) in [7, 11) is 0. The summed E-state index contributed by atoms with van der Waals surface area (Å²) in [6.07, 6.45) is 3.68. The van der Waals surface area contributed by atoms with Crippen LogP contribution >= 0.6 is 0 Å². The molecule has 1 atom stereocenters. The van der Waals surface area contributed by atoms with Gasteiger partial charge in [0.2, 0.25) is 0 Å². The van der Waals surface area contributed by atoms with Gasteiger partial charge in [0.05, 0.1) is 17.5 Å². The molecule has 1 aliphatic heterocycles. The molecule has 116 valence electrons. The van der Waals surface area contributed by atoms with E-state index in [4.69, 9.17) is 9.84 Å². The van der Waals surface area contributed by atoms with Gasteiger partial charge in [-0.25, -0.2) is 4.79 Å². The number of ether oxygens (including phenoxy) is 1. The number of nitrogens with one attached hydrogen (secondary N) is 1. The van der Waals surface area contributed by atoms with Gasteiger partial charge in [-0.1, -0.05) is 18.2 Å². The Morgan fingerprint density at radius 1 is 1.22 bits per heavy atom. The van der Waals surface area contributed by atoms with Crippen molar-refractivity contribution in [2.24, 2.45) is 5.10 Å². The number of carboxylic acid groups (broad SMARTS) is 1. The molecule has 5 nitrogen and oxygen atoms in total. The molecule has 5 heteroatoms. The molecule has 23 heavy (non-hydrogen) atoms. The van der Waals surface area contributed by atoms with Crippen LogP contribution in [0, 0.1) is 0 Å². The lowest BCUT2D eigenvalue weighted by Crippen LogP contribution is -2.19. The Bertz CT molecular complexity index is 779. The molecule has 0 saturated heterocycles. The Morgan fingerprint density at radius 3 is 2.70 bits per heavy atom. The first-order chi connectivity index (χ1) is 11.1. The molecule has 0 spiro atoms. The van der Waals surface area contributed by atoms with Crippen molar-refractivity contribution in [3.8, 4) is 5.75 Å². The van der Waals surface area contributed by atoms with Crippen molar-refractivity contribution < 1.29 is 14.6 Å². The highest BCUT2D eigenvalue weighted by atomic mass is 16.5. The Hall–Kier alpha value is -3.08. The third-order valence-corrected chi connectivity index (χ3v) is 3.55. The Balaban J connectivity index is 1.70. The molecular formula is C18H16N2O3. The molecule has 1 aliphatic rings. The summed E-state index contributed by atoms with van der Waals surface area (Å²) in [6, 6.07) is 14.2. The summed E-state index contributed by atoms with van der Waals surface area (Å²) >= 11 is 0. The van der Waals surface area contributed by atoms with Crippen molar-refractivity contribution >= 4 is 23.9 Å². The monoisotopic (exact) mass is 308 g/mol. The van der Waals surface area contributed by atoms with Gasteiger partial charge in [-0.3, -0.25) is 5.43 Å². The average Bonchev–Trinajstić information content (AvgIpc) is 2.56. The number of carbonyl (C=O) groups is 1. The van der Waals surface area contributed by atoms with Crippen LogP contribution in [0.25, 0.3) is 6.08 Å². The highest BCUT2D eigenvalue weighted by Crippen LogP contribution is 2.28. The molecule has 1 unspecified atom stereocenters. The second-order valence-corrected chi connectivity index (χ2v) is 5.19. The van der Waals surface area contributed by atoms with Crippen LogP contribution in [0.15, 0.2) is 59.2 Å². The number of rotatable bonds is 4. The predicted octanol–water partition coefficient (Wildman–Crippen LogP) is 3.65. The Morgan fingerprint density at radius 2 is 1.96 bits per heavy atom. The lowest BCUT2D eigenvalue weighted by atomic mass is 10.0. The number of para-hydroxylation sites is 1. The van der Waals surface area contributed by atoms with Gasteiger partial charge in [0.25, 0.3) is 0 Å². The number of hydrogen-bond acceptors (Lipinski definition) is 4. The summed E-state index contributed by atoms with van der Waals surface area (Å²) in [6.45, 7) is 1.97. The largest absolute Gasteiger partial charge is 0.485 e. The topological polar surface area (TPSA) is 70.9 Å². The number of benzene rings is 2. The average molecular weight is 308 g/mol. The molecule has 3 rings (SSSR count). The smallest absolute Gasteiger partial charge is 0.335 e. The zero-order valence-electron chi connectivity index (χ0n) is 12.6. The molecule has 0 bridgehead atoms. The standard InChI is InChI=1S/C18H16N2O3/c1-12-15(10-14-4-2-3-5-17(14)23-12)11-19-20-16-8-6-13(7-9-16)18(21)22/h2-12,20H,1H3,(H,21,22)/b19-11+. The molecule has 0 aromatic heterocycles. The van der Waals surface area contributed by atoms with E-state index < -0.39 is 5.97 Å². The third kappa shape index (κ3) is 3.40. The maximum Gasteiger partial charge on any atom is 0.335 e. The van der Waals surface area contributed by atoms with E-state index in [1.807, 2.05) is 37.3 Å². The molecule has 0 amide bonds. The van der Waals surface area contributed by atoms with Crippen LogP contribution in [0.4, 0.5) is 5.69 Å². The van der Waals surface area contributed by atoms with E-state index in [0.717, 1.165) is 22.6 Å². The first kappa shape index (κ1) is 14.8. The summed E-state index contributed by atoms with van der Waals surface area (Å²) in [5, 5.41) is 13.1. The van der Waals surface area contributed by atoms with Gasteiger partial charge < -0.3 is 9.84 Å². The van der Waals surface area contributed by atoms with E-state index in [2.05, 4.69) is 10.5 Å². The van der Waals surface area contributed by atoms with Crippen LogP contribution in [0.3, 0.4) is 0 Å². The van der Waals surface area contributed by atoms with Gasteiger partial charge in [0, 0.05) is 11.1 Å². The molecular weight excluding hydrogens is 292 g/mol. The van der Waals surface area contributed by atoms with Crippen molar-refractivity contribution in [1.29, 1.82) is 0 Å². The van der Waals surface area contributed by atoms with Crippen LogP contribution in [0.1, 0.15) is 22.8 Å². The summed E-state index contributed by atoms with van der Waals surface area (Å²) in [4.78, 5) is 10.8. The van der Waals surface area contributed by atoms with Crippen molar-refractivity contribution in [2.45, 2.75) is 13.0 Å². The molecule has 0 saturated carbocycles. The fourth-order valence-corrected chi connectivity index (χ4v) is 2.27. The van der Waals surface area contributed by atoms with E-state index in [1.54, 1.807) is 18.3 Å².